The number of benzene rings is 1. The standard InChI is InChI=1S/C17H20N2O3/c1-11-9-14(20)19(10-12-5-3-2-4-6-12)15(11)16(21)17(22)18-13-7-8-13/h2-6,11,13,15H,7-10H2,1H3,(H,18,22)/t11-,15+/m1/s1. The lowest BCUT2D eigenvalue weighted by atomic mass is 9.98. The Bertz CT molecular complexity index is 595. The second-order valence-electron chi connectivity index (χ2n) is 6.25. The summed E-state index contributed by atoms with van der Waals surface area (Å²) in [7, 11) is 0. The predicted molar refractivity (Wildman–Crippen MR) is 80.7 cm³/mol. The van der Waals surface area contributed by atoms with Gasteiger partial charge in [-0.2, -0.15) is 0 Å². The summed E-state index contributed by atoms with van der Waals surface area (Å²) in [6.45, 7) is 2.23. The molecule has 0 radical (unpaired) electrons. The fourth-order valence-electron chi connectivity index (χ4n) is 2.95. The maximum atomic E-state index is 12.5. The molecule has 1 aliphatic carbocycles. The number of hydrogen-bond acceptors (Lipinski definition) is 3. The van der Waals surface area contributed by atoms with Crippen molar-refractivity contribution in [1.82, 2.24) is 10.2 Å². The molecule has 2 aliphatic rings. The molecule has 1 aliphatic heterocycles. The highest BCUT2D eigenvalue weighted by Gasteiger charge is 2.44. The molecule has 2 fully saturated rings. The lowest BCUT2D eigenvalue weighted by molar-refractivity contribution is -0.143. The van der Waals surface area contributed by atoms with E-state index < -0.39 is 17.7 Å². The number of nitrogens with zero attached hydrogens (tertiary/aromatic N) is 1. The minimum atomic E-state index is -0.647. The lowest BCUT2D eigenvalue weighted by Gasteiger charge is -2.25. The predicted octanol–water partition coefficient (Wildman–Crippen LogP) is 1.27. The molecule has 0 unspecified atom stereocenters. The molecule has 116 valence electrons. The van der Waals surface area contributed by atoms with E-state index in [1.54, 1.807) is 4.90 Å². The summed E-state index contributed by atoms with van der Waals surface area (Å²) < 4.78 is 0. The Kier molecular flexibility index (Phi) is 3.96. The fourth-order valence-corrected chi connectivity index (χ4v) is 2.95. The van der Waals surface area contributed by atoms with Gasteiger partial charge in [0.05, 0.1) is 0 Å². The van der Waals surface area contributed by atoms with Gasteiger partial charge in [0.25, 0.3) is 5.91 Å². The molecule has 2 amide bonds. The summed E-state index contributed by atoms with van der Waals surface area (Å²) in [5.41, 5.74) is 0.963. The first-order valence-corrected chi connectivity index (χ1v) is 7.74. The van der Waals surface area contributed by atoms with E-state index in [-0.39, 0.29) is 17.9 Å². The zero-order chi connectivity index (χ0) is 15.7. The summed E-state index contributed by atoms with van der Waals surface area (Å²) in [5.74, 6) is -1.23. The van der Waals surface area contributed by atoms with Gasteiger partial charge in [-0.05, 0) is 24.3 Å². The zero-order valence-corrected chi connectivity index (χ0v) is 12.6. The third kappa shape index (κ3) is 3.03. The molecule has 1 saturated carbocycles. The van der Waals surface area contributed by atoms with Gasteiger partial charge in [-0.15, -0.1) is 0 Å². The summed E-state index contributed by atoms with van der Waals surface area (Å²) in [5, 5.41) is 2.72. The molecular weight excluding hydrogens is 280 g/mol. The third-order valence-electron chi connectivity index (χ3n) is 4.29. The second-order valence-corrected chi connectivity index (χ2v) is 6.25. The highest BCUT2D eigenvalue weighted by Crippen LogP contribution is 2.28. The number of rotatable bonds is 5. The summed E-state index contributed by atoms with van der Waals surface area (Å²) >= 11 is 0. The first kappa shape index (κ1) is 14.8. The van der Waals surface area contributed by atoms with Crippen molar-refractivity contribution in [2.45, 2.75) is 44.8 Å². The third-order valence-corrected chi connectivity index (χ3v) is 4.29. The zero-order valence-electron chi connectivity index (χ0n) is 12.6. The number of ketones is 1. The molecular formula is C17H20N2O3. The van der Waals surface area contributed by atoms with Crippen molar-refractivity contribution in [1.29, 1.82) is 0 Å². The van der Waals surface area contributed by atoms with E-state index in [1.807, 2.05) is 37.3 Å². The van der Waals surface area contributed by atoms with Crippen molar-refractivity contribution in [2.75, 3.05) is 0 Å². The molecule has 1 aromatic carbocycles. The highest BCUT2D eigenvalue weighted by atomic mass is 16.2. The van der Waals surface area contributed by atoms with Gasteiger partial charge in [0, 0.05) is 19.0 Å². The average molecular weight is 300 g/mol. The van der Waals surface area contributed by atoms with Crippen LogP contribution in [-0.2, 0) is 20.9 Å². The van der Waals surface area contributed by atoms with Crippen LogP contribution in [0, 0.1) is 5.92 Å². The van der Waals surface area contributed by atoms with Gasteiger partial charge in [-0.3, -0.25) is 14.4 Å². The van der Waals surface area contributed by atoms with Crippen LogP contribution in [0.2, 0.25) is 0 Å². The Hall–Kier alpha value is -2.17. The van der Waals surface area contributed by atoms with E-state index in [4.69, 9.17) is 0 Å². The van der Waals surface area contributed by atoms with E-state index in [1.165, 1.54) is 0 Å². The topological polar surface area (TPSA) is 66.5 Å². The Balaban J connectivity index is 1.75. The smallest absolute Gasteiger partial charge is 0.289 e. The maximum Gasteiger partial charge on any atom is 0.289 e. The van der Waals surface area contributed by atoms with Crippen molar-refractivity contribution in [3.05, 3.63) is 35.9 Å². The Labute approximate surface area is 129 Å². The minimum Gasteiger partial charge on any atom is -0.347 e. The lowest BCUT2D eigenvalue weighted by Crippen LogP contribution is -2.47. The van der Waals surface area contributed by atoms with Crippen LogP contribution < -0.4 is 5.32 Å². The van der Waals surface area contributed by atoms with Crippen molar-refractivity contribution < 1.29 is 14.4 Å². The number of likely N-dealkylation sites (tertiary alicyclic amines) is 1. The number of amides is 2. The number of carbonyl (C=O) groups is 3. The largest absolute Gasteiger partial charge is 0.347 e. The molecule has 5 nitrogen and oxygen atoms in total. The summed E-state index contributed by atoms with van der Waals surface area (Å²) in [4.78, 5) is 38.2. The van der Waals surface area contributed by atoms with Crippen LogP contribution in [-0.4, -0.2) is 34.6 Å². The monoisotopic (exact) mass is 300 g/mol. The van der Waals surface area contributed by atoms with Gasteiger partial charge in [-0.25, -0.2) is 0 Å². The second kappa shape index (κ2) is 5.91. The van der Waals surface area contributed by atoms with Gasteiger partial charge < -0.3 is 10.2 Å². The maximum absolute atomic E-state index is 12.5. The SMILES string of the molecule is C[C@@H]1CC(=O)N(Cc2ccccc2)[C@@H]1C(=O)C(=O)NC1CC1. The van der Waals surface area contributed by atoms with Crippen LogP contribution in [0.15, 0.2) is 30.3 Å². The van der Waals surface area contributed by atoms with Crippen LogP contribution in [0.5, 0.6) is 0 Å². The normalized spacial score (nSPS) is 24.4. The summed E-state index contributed by atoms with van der Waals surface area (Å²) in [6, 6.07) is 9.04. The first-order chi connectivity index (χ1) is 10.6. The molecule has 0 spiro atoms. The average Bonchev–Trinajstić information content (AvgIpc) is 3.26. The van der Waals surface area contributed by atoms with Crippen molar-refractivity contribution in [2.24, 2.45) is 5.92 Å². The van der Waals surface area contributed by atoms with Crippen LogP contribution >= 0.6 is 0 Å². The van der Waals surface area contributed by atoms with E-state index in [0.717, 1.165) is 18.4 Å². The van der Waals surface area contributed by atoms with Crippen molar-refractivity contribution >= 4 is 17.6 Å². The quantitative estimate of drug-likeness (QED) is 0.833. The van der Waals surface area contributed by atoms with Crippen molar-refractivity contribution in [3.63, 3.8) is 0 Å². The van der Waals surface area contributed by atoms with Crippen LogP contribution in [0.25, 0.3) is 0 Å². The van der Waals surface area contributed by atoms with E-state index in [9.17, 15) is 14.4 Å². The molecule has 0 bridgehead atoms. The molecule has 1 heterocycles. The van der Waals surface area contributed by atoms with Crippen LogP contribution in [0.1, 0.15) is 31.7 Å². The molecule has 22 heavy (non-hydrogen) atoms. The van der Waals surface area contributed by atoms with E-state index >= 15 is 0 Å². The Morgan fingerprint density at radius 3 is 2.55 bits per heavy atom. The van der Waals surface area contributed by atoms with Crippen LogP contribution in [0.4, 0.5) is 0 Å². The van der Waals surface area contributed by atoms with E-state index in [2.05, 4.69) is 5.32 Å². The Morgan fingerprint density at radius 1 is 1.23 bits per heavy atom. The van der Waals surface area contributed by atoms with Gasteiger partial charge in [0.2, 0.25) is 11.7 Å². The molecule has 0 aromatic heterocycles. The summed E-state index contributed by atoms with van der Waals surface area (Å²) in [6.07, 6.45) is 2.19. The number of hydrogen-bond donors (Lipinski definition) is 1. The molecule has 1 aromatic rings. The van der Waals surface area contributed by atoms with Gasteiger partial charge in [0.1, 0.15) is 6.04 Å². The molecule has 3 rings (SSSR count). The van der Waals surface area contributed by atoms with E-state index in [0.29, 0.717) is 13.0 Å². The van der Waals surface area contributed by atoms with Crippen LogP contribution in [0.3, 0.4) is 0 Å². The first-order valence-electron chi connectivity index (χ1n) is 7.74. The highest BCUT2D eigenvalue weighted by molar-refractivity contribution is 6.38. The van der Waals surface area contributed by atoms with Gasteiger partial charge in [-0.1, -0.05) is 37.3 Å². The fraction of sp³-hybridized carbons (Fsp3) is 0.471. The molecule has 1 N–H and O–H groups in total. The van der Waals surface area contributed by atoms with Crippen molar-refractivity contribution in [3.8, 4) is 0 Å². The van der Waals surface area contributed by atoms with Gasteiger partial charge in [0.15, 0.2) is 0 Å². The minimum absolute atomic E-state index is 0.0612. The number of carbonyl (C=O) groups excluding carboxylic acids is 3. The van der Waals surface area contributed by atoms with Gasteiger partial charge >= 0.3 is 0 Å². The number of Topliss-reactive ketones (excluding diaryl/α,β-unsaturated/α-hetero) is 1. The Morgan fingerprint density at radius 2 is 1.91 bits per heavy atom. The molecule has 2 atom stereocenters. The molecule has 5 heteroatoms. The number of nitrogens with one attached hydrogen (secondary N) is 1. The molecule has 1 saturated heterocycles.